The van der Waals surface area contributed by atoms with Gasteiger partial charge in [0.15, 0.2) is 0 Å². The number of carboxylic acid groups (broad SMARTS) is 1. The predicted molar refractivity (Wildman–Crippen MR) is 81.6 cm³/mol. The van der Waals surface area contributed by atoms with E-state index in [9.17, 15) is 14.7 Å². The summed E-state index contributed by atoms with van der Waals surface area (Å²) in [4.78, 5) is 29.7. The first-order valence-electron chi connectivity index (χ1n) is 6.25. The van der Waals surface area contributed by atoms with E-state index in [1.165, 1.54) is 28.0 Å². The Kier molecular flexibility index (Phi) is 3.60. The van der Waals surface area contributed by atoms with Crippen molar-refractivity contribution in [1.82, 2.24) is 9.88 Å². The zero-order valence-corrected chi connectivity index (χ0v) is 12.8. The van der Waals surface area contributed by atoms with E-state index >= 15 is 0 Å². The van der Waals surface area contributed by atoms with Crippen molar-refractivity contribution in [2.45, 2.75) is 18.3 Å². The fraction of sp³-hybridized carbons (Fsp3) is 0.308. The Hall–Kier alpha value is -1.64. The molecule has 0 aliphatic carbocycles. The molecule has 3 heterocycles. The van der Waals surface area contributed by atoms with E-state index < -0.39 is 12.0 Å². The molecule has 1 fully saturated rings. The third kappa shape index (κ3) is 2.29. The summed E-state index contributed by atoms with van der Waals surface area (Å²) in [6.07, 6.45) is 3.60. The van der Waals surface area contributed by atoms with Crippen LogP contribution < -0.4 is 5.73 Å². The van der Waals surface area contributed by atoms with E-state index in [1.54, 1.807) is 11.6 Å². The second kappa shape index (κ2) is 5.28. The van der Waals surface area contributed by atoms with Gasteiger partial charge < -0.3 is 10.8 Å². The van der Waals surface area contributed by atoms with Gasteiger partial charge in [-0.15, -0.1) is 23.1 Å². The Bertz CT molecular complexity index is 680. The summed E-state index contributed by atoms with van der Waals surface area (Å²) in [6.45, 7) is 1.90. The number of aliphatic carboxylic acids is 1. The molecule has 2 atom stereocenters. The Morgan fingerprint density at radius 3 is 2.95 bits per heavy atom. The number of β-lactam (4-membered cyclic amide) rings is 1. The normalized spacial score (nSPS) is 25.2. The van der Waals surface area contributed by atoms with E-state index in [4.69, 9.17) is 5.73 Å². The minimum Gasteiger partial charge on any atom is -0.477 e. The van der Waals surface area contributed by atoms with Gasteiger partial charge in [-0.05, 0) is 18.6 Å². The summed E-state index contributed by atoms with van der Waals surface area (Å²) >= 11 is 2.98. The van der Waals surface area contributed by atoms with Gasteiger partial charge in [-0.2, -0.15) is 0 Å². The molecule has 0 bridgehead atoms. The highest BCUT2D eigenvalue weighted by atomic mass is 32.2. The summed E-state index contributed by atoms with van der Waals surface area (Å²) in [5, 5.41) is 9.14. The molecule has 1 saturated heterocycles. The van der Waals surface area contributed by atoms with Crippen molar-refractivity contribution in [3.05, 3.63) is 33.4 Å². The van der Waals surface area contributed by atoms with Crippen molar-refractivity contribution in [3.8, 4) is 0 Å². The first-order valence-corrected chi connectivity index (χ1v) is 8.18. The summed E-state index contributed by atoms with van der Waals surface area (Å²) < 4.78 is 0. The van der Waals surface area contributed by atoms with Crippen LogP contribution in [0.15, 0.2) is 22.9 Å². The van der Waals surface area contributed by atoms with Gasteiger partial charge in [-0.1, -0.05) is 6.08 Å². The average molecular weight is 323 g/mol. The second-order valence-electron chi connectivity index (χ2n) is 4.75. The smallest absolute Gasteiger partial charge is 0.352 e. The molecular formula is C13H13N3O3S2. The maximum atomic E-state index is 11.8. The molecule has 8 heteroatoms. The standard InChI is InChI=1S/C13H13N3O3S2/c1-6-8(21-5-15-6)3-2-7-4-20-12-9(14)11(17)16(12)10(7)13(18)19/h2-3,5,9,12H,4,14H2,1H3,(H,18,19)/b3-2+/t9?,12-/m1/s1. The lowest BCUT2D eigenvalue weighted by Gasteiger charge is -2.47. The molecule has 0 saturated carbocycles. The first kappa shape index (κ1) is 14.3. The molecule has 1 aromatic heterocycles. The molecule has 1 unspecified atom stereocenters. The van der Waals surface area contributed by atoms with Crippen LogP contribution in [-0.2, 0) is 9.59 Å². The van der Waals surface area contributed by atoms with Gasteiger partial charge in [0, 0.05) is 10.6 Å². The molecule has 2 aliphatic rings. The van der Waals surface area contributed by atoms with Crippen molar-refractivity contribution in [3.63, 3.8) is 0 Å². The van der Waals surface area contributed by atoms with Crippen molar-refractivity contribution in [2.75, 3.05) is 5.75 Å². The maximum Gasteiger partial charge on any atom is 0.352 e. The number of hydrogen-bond donors (Lipinski definition) is 2. The summed E-state index contributed by atoms with van der Waals surface area (Å²) in [7, 11) is 0. The van der Waals surface area contributed by atoms with Crippen molar-refractivity contribution < 1.29 is 14.7 Å². The van der Waals surface area contributed by atoms with E-state index in [2.05, 4.69) is 4.98 Å². The molecule has 21 heavy (non-hydrogen) atoms. The number of carbonyl (C=O) groups is 2. The number of amides is 1. The molecule has 110 valence electrons. The predicted octanol–water partition coefficient (Wildman–Crippen LogP) is 1.05. The third-order valence-corrected chi connectivity index (χ3v) is 5.68. The molecule has 6 nitrogen and oxygen atoms in total. The topological polar surface area (TPSA) is 96.5 Å². The van der Waals surface area contributed by atoms with Crippen molar-refractivity contribution in [1.29, 1.82) is 0 Å². The van der Waals surface area contributed by atoms with Crippen LogP contribution in [0.4, 0.5) is 0 Å². The monoisotopic (exact) mass is 323 g/mol. The van der Waals surface area contributed by atoms with Gasteiger partial charge in [0.05, 0.1) is 11.2 Å². The van der Waals surface area contributed by atoms with Crippen LogP contribution in [0.1, 0.15) is 10.6 Å². The van der Waals surface area contributed by atoms with Gasteiger partial charge in [-0.25, -0.2) is 9.78 Å². The number of aryl methyl sites for hydroxylation is 1. The molecule has 2 aliphatic heterocycles. The van der Waals surface area contributed by atoms with Gasteiger partial charge in [0.2, 0.25) is 5.91 Å². The molecule has 0 aromatic carbocycles. The number of fused-ring (bicyclic) bond motifs is 1. The van der Waals surface area contributed by atoms with E-state index in [0.29, 0.717) is 11.3 Å². The van der Waals surface area contributed by atoms with Gasteiger partial charge in [0.25, 0.3) is 0 Å². The quantitative estimate of drug-likeness (QED) is 0.807. The molecule has 3 rings (SSSR count). The average Bonchev–Trinajstić information content (AvgIpc) is 2.88. The van der Waals surface area contributed by atoms with Gasteiger partial charge >= 0.3 is 5.97 Å². The number of nitrogens with two attached hydrogens (primary N) is 1. The van der Waals surface area contributed by atoms with E-state index in [-0.39, 0.29) is 17.0 Å². The Balaban J connectivity index is 1.95. The number of aromatic nitrogens is 1. The second-order valence-corrected chi connectivity index (χ2v) is 6.74. The number of thioether (sulfide) groups is 1. The number of hydrogen-bond acceptors (Lipinski definition) is 6. The van der Waals surface area contributed by atoms with Crippen LogP contribution in [0.5, 0.6) is 0 Å². The highest BCUT2D eigenvalue weighted by Crippen LogP contribution is 2.39. The number of thiazole rings is 1. The zero-order valence-electron chi connectivity index (χ0n) is 11.1. The zero-order chi connectivity index (χ0) is 15.1. The van der Waals surface area contributed by atoms with Crippen molar-refractivity contribution in [2.24, 2.45) is 5.73 Å². The Morgan fingerprint density at radius 2 is 2.33 bits per heavy atom. The Labute approximate surface area is 129 Å². The molecule has 0 spiro atoms. The first-order chi connectivity index (χ1) is 10.0. The van der Waals surface area contributed by atoms with E-state index in [0.717, 1.165) is 10.6 Å². The summed E-state index contributed by atoms with van der Waals surface area (Å²) in [6, 6.07) is -0.598. The maximum absolute atomic E-state index is 11.8. The van der Waals surface area contributed by atoms with Crippen LogP contribution in [-0.4, -0.2) is 44.0 Å². The SMILES string of the molecule is Cc1ncsc1/C=C/C1=C(C(=O)O)N2C(=O)C(N)[C@H]2SC1. The van der Waals surface area contributed by atoms with Crippen LogP contribution >= 0.6 is 23.1 Å². The number of nitrogens with zero attached hydrogens (tertiary/aromatic N) is 2. The van der Waals surface area contributed by atoms with Gasteiger partial charge in [-0.3, -0.25) is 9.69 Å². The highest BCUT2D eigenvalue weighted by molar-refractivity contribution is 8.00. The summed E-state index contributed by atoms with van der Waals surface area (Å²) in [5.41, 5.74) is 9.01. The molecule has 3 N–H and O–H groups in total. The molecule has 1 amide bonds. The molecular weight excluding hydrogens is 310 g/mol. The largest absolute Gasteiger partial charge is 0.477 e. The lowest BCUT2D eigenvalue weighted by atomic mass is 10.0. The lowest BCUT2D eigenvalue weighted by Crippen LogP contribution is -2.68. The van der Waals surface area contributed by atoms with Gasteiger partial charge in [0.1, 0.15) is 17.1 Å². The molecule has 1 aromatic rings. The number of carbonyl (C=O) groups excluding carboxylic acids is 1. The van der Waals surface area contributed by atoms with E-state index in [1.807, 2.05) is 13.0 Å². The minimum atomic E-state index is -1.10. The fourth-order valence-corrected chi connectivity index (χ4v) is 4.27. The number of carboxylic acids is 1. The van der Waals surface area contributed by atoms with Crippen LogP contribution in [0.25, 0.3) is 6.08 Å². The van der Waals surface area contributed by atoms with Crippen LogP contribution in [0.2, 0.25) is 0 Å². The summed E-state index contributed by atoms with van der Waals surface area (Å²) in [5.74, 6) is -0.899. The number of rotatable bonds is 3. The number of allylic oxidation sites excluding steroid dienone is 1. The molecule has 0 radical (unpaired) electrons. The van der Waals surface area contributed by atoms with Crippen LogP contribution in [0, 0.1) is 6.92 Å². The minimum absolute atomic E-state index is 0.0452. The highest BCUT2D eigenvalue weighted by Gasteiger charge is 2.51. The van der Waals surface area contributed by atoms with Crippen LogP contribution in [0.3, 0.4) is 0 Å². The van der Waals surface area contributed by atoms with Crippen molar-refractivity contribution >= 4 is 41.1 Å². The fourth-order valence-electron chi connectivity index (χ4n) is 2.32. The Morgan fingerprint density at radius 1 is 1.57 bits per heavy atom. The third-order valence-electron chi connectivity index (χ3n) is 3.46. The lowest BCUT2D eigenvalue weighted by molar-refractivity contribution is -0.147.